The number of methoxy groups -OCH3 is 1. The lowest BCUT2D eigenvalue weighted by molar-refractivity contribution is -0.121. The number of amides is 2. The van der Waals surface area contributed by atoms with E-state index < -0.39 is 12.1 Å². The smallest absolute Gasteiger partial charge is 0.410 e. The van der Waals surface area contributed by atoms with Crippen molar-refractivity contribution < 1.29 is 19.1 Å². The Morgan fingerprint density at radius 2 is 1.90 bits per heavy atom. The van der Waals surface area contributed by atoms with Crippen molar-refractivity contribution in [1.82, 2.24) is 29.8 Å². The van der Waals surface area contributed by atoms with Crippen LogP contribution in [0.15, 0.2) is 77.3 Å². The topological polar surface area (TPSA) is 123 Å². The zero-order valence-corrected chi connectivity index (χ0v) is 23.7. The zero-order chi connectivity index (χ0) is 28.3. The minimum atomic E-state index is -0.810. The monoisotopic (exact) mass is 615 g/mol. The van der Waals surface area contributed by atoms with Gasteiger partial charge in [0.25, 0.3) is 0 Å². The molecule has 0 radical (unpaired) electrons. The Kier molecular flexibility index (Phi) is 7.38. The third kappa shape index (κ3) is 5.64. The van der Waals surface area contributed by atoms with Crippen molar-refractivity contribution in [2.24, 2.45) is 0 Å². The molecule has 41 heavy (non-hydrogen) atoms. The molecule has 208 valence electrons. The summed E-state index contributed by atoms with van der Waals surface area (Å²) < 4.78 is 13.2. The second-order valence-electron chi connectivity index (χ2n) is 9.47. The summed E-state index contributed by atoms with van der Waals surface area (Å²) >= 11 is 3.51. The summed E-state index contributed by atoms with van der Waals surface area (Å²) in [5.41, 5.74) is 2.91. The van der Waals surface area contributed by atoms with Crippen molar-refractivity contribution in [3.05, 3.63) is 82.8 Å². The van der Waals surface area contributed by atoms with Crippen molar-refractivity contribution in [2.45, 2.75) is 12.6 Å². The highest BCUT2D eigenvalue weighted by Gasteiger charge is 2.30. The number of hydrogen-bond donors (Lipinski definition) is 2. The van der Waals surface area contributed by atoms with Gasteiger partial charge in [0.1, 0.15) is 18.4 Å². The highest BCUT2D eigenvalue weighted by Crippen LogP contribution is 2.27. The largest absolute Gasteiger partial charge is 0.497 e. The van der Waals surface area contributed by atoms with Gasteiger partial charge in [-0.25, -0.2) is 14.8 Å². The van der Waals surface area contributed by atoms with Crippen molar-refractivity contribution in [3.8, 4) is 17.1 Å². The van der Waals surface area contributed by atoms with E-state index in [2.05, 4.69) is 26.6 Å². The molecule has 2 amide bonds. The molecule has 3 heterocycles. The Hall–Kier alpha value is -4.71. The van der Waals surface area contributed by atoms with Crippen LogP contribution in [0.5, 0.6) is 5.75 Å². The number of anilines is 1. The van der Waals surface area contributed by atoms with Crippen LogP contribution in [0.25, 0.3) is 27.9 Å². The first-order valence-corrected chi connectivity index (χ1v) is 13.8. The third-order valence-electron chi connectivity index (χ3n) is 6.75. The van der Waals surface area contributed by atoms with Gasteiger partial charge in [-0.3, -0.25) is 4.79 Å². The maximum atomic E-state index is 13.1. The van der Waals surface area contributed by atoms with Gasteiger partial charge in [0.15, 0.2) is 11.5 Å². The highest BCUT2D eigenvalue weighted by molar-refractivity contribution is 9.10. The molecule has 1 aliphatic heterocycles. The fourth-order valence-corrected chi connectivity index (χ4v) is 4.96. The van der Waals surface area contributed by atoms with E-state index in [-0.39, 0.29) is 19.1 Å². The molecule has 11 nitrogen and oxygen atoms in total. The van der Waals surface area contributed by atoms with E-state index in [1.165, 1.54) is 4.90 Å². The van der Waals surface area contributed by atoms with Gasteiger partial charge < -0.3 is 25.0 Å². The molecule has 1 atom stereocenters. The van der Waals surface area contributed by atoms with Gasteiger partial charge in [-0.15, -0.1) is 5.10 Å². The summed E-state index contributed by atoms with van der Waals surface area (Å²) in [5, 5.41) is 11.6. The van der Waals surface area contributed by atoms with E-state index in [0.29, 0.717) is 36.0 Å². The number of halogens is 1. The lowest BCUT2D eigenvalue weighted by Gasteiger charge is -2.23. The number of rotatable bonds is 6. The predicted molar refractivity (Wildman–Crippen MR) is 157 cm³/mol. The predicted octanol–water partition coefficient (Wildman–Crippen LogP) is 4.26. The summed E-state index contributed by atoms with van der Waals surface area (Å²) in [6.07, 6.45) is -0.500. The second-order valence-corrected chi connectivity index (χ2v) is 10.4. The van der Waals surface area contributed by atoms with E-state index in [1.807, 2.05) is 72.8 Å². The molecule has 0 spiro atoms. The lowest BCUT2D eigenvalue weighted by atomic mass is 10.2. The molecule has 6 rings (SSSR count). The molecule has 3 aromatic carbocycles. The van der Waals surface area contributed by atoms with Gasteiger partial charge in [-0.05, 0) is 48.0 Å². The number of carbonyl (C=O) groups excluding carboxylic acids is 2. The van der Waals surface area contributed by atoms with Gasteiger partial charge in [0.2, 0.25) is 11.9 Å². The summed E-state index contributed by atoms with van der Waals surface area (Å²) in [5.74, 6) is 1.27. The number of fused-ring (bicyclic) bond motifs is 3. The van der Waals surface area contributed by atoms with E-state index in [9.17, 15) is 9.59 Å². The molecule has 0 saturated carbocycles. The molecule has 1 aliphatic rings. The van der Waals surface area contributed by atoms with Crippen LogP contribution in [0, 0.1) is 0 Å². The molecule has 5 aromatic rings. The molecular formula is C29H26BrN7O4. The molecule has 2 N–H and O–H groups in total. The van der Waals surface area contributed by atoms with Gasteiger partial charge in [0.05, 0.1) is 19.2 Å². The maximum Gasteiger partial charge on any atom is 0.410 e. The number of carbonyl (C=O) groups is 2. The number of nitrogens with zero attached hydrogens (tertiary/aromatic N) is 5. The number of nitrogens with one attached hydrogen (secondary N) is 2. The van der Waals surface area contributed by atoms with E-state index in [4.69, 9.17) is 24.5 Å². The minimum absolute atomic E-state index is 0.0825. The first-order valence-electron chi connectivity index (χ1n) is 13.0. The average Bonchev–Trinajstić information content (AvgIpc) is 3.37. The SMILES string of the molecule is COc1ccc(-c2nc3c4ccc(Br)cc4nc(N[C@@H]4CN(C(=O)OCc5ccccc5)CCNC4=O)n3n2)cc1. The van der Waals surface area contributed by atoms with Crippen LogP contribution in [0.4, 0.5) is 10.7 Å². The van der Waals surface area contributed by atoms with E-state index in [0.717, 1.165) is 26.7 Å². The molecule has 1 saturated heterocycles. The summed E-state index contributed by atoms with van der Waals surface area (Å²) in [6, 6.07) is 21.8. The van der Waals surface area contributed by atoms with Crippen LogP contribution in [0.2, 0.25) is 0 Å². The molecular weight excluding hydrogens is 590 g/mol. The molecule has 0 bridgehead atoms. The summed E-state index contributed by atoms with van der Waals surface area (Å²) in [4.78, 5) is 37.1. The number of benzene rings is 3. The van der Waals surface area contributed by atoms with Crippen LogP contribution in [-0.2, 0) is 16.1 Å². The average molecular weight is 616 g/mol. The van der Waals surface area contributed by atoms with Crippen molar-refractivity contribution >= 4 is 50.4 Å². The fourth-order valence-electron chi connectivity index (χ4n) is 4.61. The molecule has 2 aromatic heterocycles. The molecule has 0 unspecified atom stereocenters. The first kappa shape index (κ1) is 26.5. The zero-order valence-electron chi connectivity index (χ0n) is 22.1. The van der Waals surface area contributed by atoms with Crippen LogP contribution in [-0.4, -0.2) is 69.3 Å². The second kappa shape index (κ2) is 11.4. The van der Waals surface area contributed by atoms with Crippen molar-refractivity contribution in [3.63, 3.8) is 0 Å². The van der Waals surface area contributed by atoms with Crippen LogP contribution in [0.1, 0.15) is 5.56 Å². The number of ether oxygens (including phenoxy) is 2. The summed E-state index contributed by atoms with van der Waals surface area (Å²) in [7, 11) is 1.61. The maximum absolute atomic E-state index is 13.1. The molecule has 1 fully saturated rings. The Labute approximate surface area is 243 Å². The standard InChI is InChI=1S/C29H26BrN7O4/c1-40-21-10-7-19(8-11-21)25-34-26-22-12-9-20(30)15-23(22)32-28(37(26)35-25)33-24-16-36(14-13-31-27(24)38)29(39)41-17-18-5-3-2-4-6-18/h2-12,15,24H,13-14,16-17H2,1H3,(H,31,38)(H,32,33)/t24-/m1/s1. The molecule has 12 heteroatoms. The van der Waals surface area contributed by atoms with Crippen molar-refractivity contribution in [1.29, 1.82) is 0 Å². The highest BCUT2D eigenvalue weighted by atomic mass is 79.9. The third-order valence-corrected chi connectivity index (χ3v) is 7.24. The van der Waals surface area contributed by atoms with Gasteiger partial charge in [-0.2, -0.15) is 4.52 Å². The lowest BCUT2D eigenvalue weighted by Crippen LogP contribution is -2.44. The van der Waals surface area contributed by atoms with Crippen LogP contribution >= 0.6 is 15.9 Å². The Morgan fingerprint density at radius 1 is 1.10 bits per heavy atom. The van der Waals surface area contributed by atoms with Crippen molar-refractivity contribution in [2.75, 3.05) is 32.1 Å². The first-order chi connectivity index (χ1) is 20.0. The van der Waals surface area contributed by atoms with Gasteiger partial charge in [-0.1, -0.05) is 46.3 Å². The fraction of sp³-hybridized carbons (Fsp3) is 0.207. The van der Waals surface area contributed by atoms with Gasteiger partial charge in [0, 0.05) is 28.5 Å². The Morgan fingerprint density at radius 3 is 2.68 bits per heavy atom. The van der Waals surface area contributed by atoms with Crippen LogP contribution < -0.4 is 15.4 Å². The van der Waals surface area contributed by atoms with Crippen LogP contribution in [0.3, 0.4) is 0 Å². The van der Waals surface area contributed by atoms with Gasteiger partial charge >= 0.3 is 6.09 Å². The number of hydrogen-bond acceptors (Lipinski definition) is 8. The van der Waals surface area contributed by atoms with E-state index in [1.54, 1.807) is 11.6 Å². The Balaban J connectivity index is 1.32. The summed E-state index contributed by atoms with van der Waals surface area (Å²) in [6.45, 7) is 0.843. The Bertz CT molecular complexity index is 1730. The minimum Gasteiger partial charge on any atom is -0.497 e. The normalized spacial score (nSPS) is 15.4. The quantitative estimate of drug-likeness (QED) is 0.290. The molecule has 0 aliphatic carbocycles. The van der Waals surface area contributed by atoms with E-state index >= 15 is 0 Å². The number of aromatic nitrogens is 4.